The van der Waals surface area contributed by atoms with Crippen molar-refractivity contribution >= 4 is 23.1 Å². The van der Waals surface area contributed by atoms with E-state index in [4.69, 9.17) is 0 Å². The number of thiazole rings is 1. The van der Waals surface area contributed by atoms with Crippen molar-refractivity contribution in [3.63, 3.8) is 0 Å². The van der Waals surface area contributed by atoms with Gasteiger partial charge >= 0.3 is 0 Å². The lowest BCUT2D eigenvalue weighted by Gasteiger charge is -2.18. The van der Waals surface area contributed by atoms with Crippen LogP contribution in [-0.2, 0) is 24.8 Å². The van der Waals surface area contributed by atoms with Crippen molar-refractivity contribution in [2.24, 2.45) is 7.05 Å². The quantitative estimate of drug-likeness (QED) is 0.427. The molecule has 4 rings (SSSR count). The summed E-state index contributed by atoms with van der Waals surface area (Å²) in [6.07, 6.45) is 2.14. The summed E-state index contributed by atoms with van der Waals surface area (Å²) in [5.41, 5.74) is 6.05. The van der Waals surface area contributed by atoms with Gasteiger partial charge in [0.25, 0.3) is 0 Å². The summed E-state index contributed by atoms with van der Waals surface area (Å²) >= 11 is 1.50. The maximum absolute atomic E-state index is 13.3. The Morgan fingerprint density at radius 3 is 2.72 bits per heavy atom. The standard InChI is InChI=1S/C23H23FN6OS/c1-15-9-17(7-8-25-15)20-11-22(30(2)29-20)28-23(31)21(26-12-19-13-32-14-27-19)10-16-3-5-18(24)6-4-16/h3-9,11,13-14,21,26H,10,12H2,1-2H3,(H,28,31)/t21-/m0/s1. The summed E-state index contributed by atoms with van der Waals surface area (Å²) < 4.78 is 14.9. The smallest absolute Gasteiger partial charge is 0.243 e. The number of carbonyl (C=O) groups is 1. The molecule has 1 aromatic carbocycles. The normalized spacial score (nSPS) is 12.0. The van der Waals surface area contributed by atoms with Gasteiger partial charge in [-0.15, -0.1) is 11.3 Å². The molecule has 0 bridgehead atoms. The summed E-state index contributed by atoms with van der Waals surface area (Å²) in [7, 11) is 1.78. The van der Waals surface area contributed by atoms with E-state index in [-0.39, 0.29) is 11.7 Å². The molecule has 1 amide bonds. The van der Waals surface area contributed by atoms with Crippen LogP contribution in [0.1, 0.15) is 17.0 Å². The molecule has 0 radical (unpaired) electrons. The molecule has 0 fully saturated rings. The van der Waals surface area contributed by atoms with Crippen molar-refractivity contribution in [2.75, 3.05) is 5.32 Å². The summed E-state index contributed by atoms with van der Waals surface area (Å²) in [5.74, 6) is 0.0722. The molecule has 2 N–H and O–H groups in total. The summed E-state index contributed by atoms with van der Waals surface area (Å²) in [4.78, 5) is 21.7. The first kappa shape index (κ1) is 21.8. The number of hydrogen-bond acceptors (Lipinski definition) is 6. The number of rotatable bonds is 8. The van der Waals surface area contributed by atoms with E-state index in [0.29, 0.717) is 18.8 Å². The van der Waals surface area contributed by atoms with Crippen LogP contribution in [0, 0.1) is 12.7 Å². The number of halogens is 1. The molecule has 0 unspecified atom stereocenters. The van der Waals surface area contributed by atoms with Crippen molar-refractivity contribution in [3.05, 3.63) is 82.3 Å². The molecule has 4 aromatic rings. The van der Waals surface area contributed by atoms with Crippen LogP contribution in [0.4, 0.5) is 10.2 Å². The number of hydrogen-bond donors (Lipinski definition) is 2. The Hall–Kier alpha value is -3.43. The second-order valence-corrected chi connectivity index (χ2v) is 8.18. The number of nitrogens with zero attached hydrogens (tertiary/aromatic N) is 4. The molecule has 3 aromatic heterocycles. The first-order valence-electron chi connectivity index (χ1n) is 10.1. The fraction of sp³-hybridized carbons (Fsp3) is 0.217. The van der Waals surface area contributed by atoms with Crippen molar-refractivity contribution in [2.45, 2.75) is 25.9 Å². The van der Waals surface area contributed by atoms with Crippen LogP contribution in [-0.4, -0.2) is 31.7 Å². The van der Waals surface area contributed by atoms with Gasteiger partial charge in [0.1, 0.15) is 11.6 Å². The Morgan fingerprint density at radius 1 is 1.19 bits per heavy atom. The highest BCUT2D eigenvalue weighted by atomic mass is 32.1. The number of amides is 1. The zero-order chi connectivity index (χ0) is 22.5. The van der Waals surface area contributed by atoms with Gasteiger partial charge in [0.2, 0.25) is 5.91 Å². The molecule has 32 heavy (non-hydrogen) atoms. The van der Waals surface area contributed by atoms with Gasteiger partial charge in [-0.25, -0.2) is 9.37 Å². The number of pyridine rings is 1. The van der Waals surface area contributed by atoms with E-state index in [1.807, 2.05) is 30.5 Å². The number of nitrogens with one attached hydrogen (secondary N) is 2. The van der Waals surface area contributed by atoms with Crippen LogP contribution in [0.15, 0.2) is 59.6 Å². The Labute approximate surface area is 189 Å². The van der Waals surface area contributed by atoms with Gasteiger partial charge in [-0.1, -0.05) is 12.1 Å². The van der Waals surface area contributed by atoms with E-state index in [9.17, 15) is 9.18 Å². The Bertz CT molecular complexity index is 1190. The monoisotopic (exact) mass is 450 g/mol. The molecule has 0 aliphatic heterocycles. The summed E-state index contributed by atoms with van der Waals surface area (Å²) in [5, 5.41) is 12.7. The van der Waals surface area contributed by atoms with Gasteiger partial charge in [-0.3, -0.25) is 19.8 Å². The third kappa shape index (κ3) is 5.43. The molecule has 0 saturated carbocycles. The highest BCUT2D eigenvalue weighted by Crippen LogP contribution is 2.22. The third-order valence-electron chi connectivity index (χ3n) is 5.01. The Balaban J connectivity index is 1.51. The molecule has 9 heteroatoms. The van der Waals surface area contributed by atoms with Crippen LogP contribution in [0.25, 0.3) is 11.3 Å². The van der Waals surface area contributed by atoms with Crippen LogP contribution < -0.4 is 10.6 Å². The summed E-state index contributed by atoms with van der Waals surface area (Å²) in [6, 6.07) is 11.3. The average Bonchev–Trinajstić information content (AvgIpc) is 3.42. The van der Waals surface area contributed by atoms with E-state index < -0.39 is 6.04 Å². The minimum Gasteiger partial charge on any atom is -0.310 e. The van der Waals surface area contributed by atoms with E-state index in [1.165, 1.54) is 23.5 Å². The van der Waals surface area contributed by atoms with E-state index in [2.05, 4.69) is 25.7 Å². The molecule has 0 aliphatic rings. The van der Waals surface area contributed by atoms with Gasteiger partial charge in [-0.2, -0.15) is 5.10 Å². The lowest BCUT2D eigenvalue weighted by molar-refractivity contribution is -0.118. The van der Waals surface area contributed by atoms with E-state index in [1.54, 1.807) is 35.6 Å². The second kappa shape index (κ2) is 9.80. The number of anilines is 1. The lowest BCUT2D eigenvalue weighted by Crippen LogP contribution is -2.42. The van der Waals surface area contributed by atoms with Gasteiger partial charge in [0.15, 0.2) is 0 Å². The van der Waals surface area contributed by atoms with Crippen molar-refractivity contribution in [1.29, 1.82) is 0 Å². The Morgan fingerprint density at radius 2 is 2.00 bits per heavy atom. The second-order valence-electron chi connectivity index (χ2n) is 7.46. The zero-order valence-corrected chi connectivity index (χ0v) is 18.6. The minimum atomic E-state index is -0.538. The van der Waals surface area contributed by atoms with Crippen LogP contribution >= 0.6 is 11.3 Å². The van der Waals surface area contributed by atoms with E-state index in [0.717, 1.165) is 28.2 Å². The molecule has 0 saturated heterocycles. The number of aromatic nitrogens is 4. The lowest BCUT2D eigenvalue weighted by atomic mass is 10.0. The molecule has 1 atom stereocenters. The first-order chi connectivity index (χ1) is 15.5. The molecule has 3 heterocycles. The van der Waals surface area contributed by atoms with Crippen molar-refractivity contribution < 1.29 is 9.18 Å². The molecule has 7 nitrogen and oxygen atoms in total. The molecule has 164 valence electrons. The molecular weight excluding hydrogens is 427 g/mol. The number of aryl methyl sites for hydroxylation is 2. The van der Waals surface area contributed by atoms with Crippen LogP contribution in [0.2, 0.25) is 0 Å². The van der Waals surface area contributed by atoms with Crippen LogP contribution in [0.3, 0.4) is 0 Å². The summed E-state index contributed by atoms with van der Waals surface area (Å²) in [6.45, 7) is 2.37. The third-order valence-corrected chi connectivity index (χ3v) is 5.64. The van der Waals surface area contributed by atoms with E-state index >= 15 is 0 Å². The van der Waals surface area contributed by atoms with Crippen LogP contribution in [0.5, 0.6) is 0 Å². The average molecular weight is 451 g/mol. The Kier molecular flexibility index (Phi) is 6.67. The highest BCUT2D eigenvalue weighted by Gasteiger charge is 2.21. The topological polar surface area (TPSA) is 84.7 Å². The fourth-order valence-electron chi connectivity index (χ4n) is 3.31. The number of benzene rings is 1. The fourth-order valence-corrected chi connectivity index (χ4v) is 3.87. The SMILES string of the molecule is Cc1cc(-c2cc(NC(=O)[C@H](Cc3ccc(F)cc3)NCc3cscn3)n(C)n2)ccn1. The van der Waals surface area contributed by atoms with Crippen molar-refractivity contribution in [1.82, 2.24) is 25.1 Å². The van der Waals surface area contributed by atoms with Gasteiger partial charge in [-0.05, 0) is 43.2 Å². The number of carbonyl (C=O) groups excluding carboxylic acids is 1. The maximum atomic E-state index is 13.3. The minimum absolute atomic E-state index is 0.204. The van der Waals surface area contributed by atoms with Gasteiger partial charge in [0.05, 0.1) is 22.9 Å². The predicted molar refractivity (Wildman–Crippen MR) is 123 cm³/mol. The molecule has 0 spiro atoms. The highest BCUT2D eigenvalue weighted by molar-refractivity contribution is 7.07. The first-order valence-corrected chi connectivity index (χ1v) is 11.0. The largest absolute Gasteiger partial charge is 0.310 e. The molecular formula is C23H23FN6OS. The van der Waals surface area contributed by atoms with Crippen molar-refractivity contribution in [3.8, 4) is 11.3 Å². The maximum Gasteiger partial charge on any atom is 0.243 e. The predicted octanol–water partition coefficient (Wildman–Crippen LogP) is 3.73. The molecule has 0 aliphatic carbocycles. The zero-order valence-electron chi connectivity index (χ0n) is 17.7. The van der Waals surface area contributed by atoms with Gasteiger partial charge in [0, 0.05) is 42.5 Å². The van der Waals surface area contributed by atoms with Gasteiger partial charge < -0.3 is 5.32 Å².